The van der Waals surface area contributed by atoms with Gasteiger partial charge in [-0.15, -0.1) is 0 Å². The number of amides is 2. The van der Waals surface area contributed by atoms with E-state index in [1.807, 2.05) is 44.4 Å². The van der Waals surface area contributed by atoms with Crippen molar-refractivity contribution in [2.75, 3.05) is 33.7 Å². The zero-order valence-corrected chi connectivity index (χ0v) is 13.1. The highest BCUT2D eigenvalue weighted by Crippen LogP contribution is 2.04. The molecule has 0 aromatic heterocycles. The van der Waals surface area contributed by atoms with Gasteiger partial charge in [-0.3, -0.25) is 9.59 Å². The van der Waals surface area contributed by atoms with Crippen LogP contribution in [0.5, 0.6) is 0 Å². The number of rotatable bonds is 8. The fraction of sp³-hybridized carbons (Fsp3) is 0.500. The Morgan fingerprint density at radius 3 is 2.38 bits per heavy atom. The molecule has 0 heterocycles. The normalized spacial score (nSPS) is 10.5. The predicted octanol–water partition coefficient (Wildman–Crippen LogP) is 1.10. The van der Waals surface area contributed by atoms with Crippen molar-refractivity contribution < 1.29 is 9.59 Å². The number of nitrogens with one attached hydrogen (secondary N) is 1. The Bertz CT molecular complexity index is 446. The summed E-state index contributed by atoms with van der Waals surface area (Å²) in [6, 6.07) is 9.68. The topological polar surface area (TPSA) is 52.7 Å². The van der Waals surface area contributed by atoms with Crippen LogP contribution in [0.3, 0.4) is 0 Å². The summed E-state index contributed by atoms with van der Waals surface area (Å²) in [6.07, 6.45) is 0.900. The molecule has 0 aliphatic carbocycles. The lowest BCUT2D eigenvalue weighted by atomic mass is 10.2. The van der Waals surface area contributed by atoms with Crippen LogP contribution in [-0.4, -0.2) is 55.3 Å². The van der Waals surface area contributed by atoms with E-state index in [0.29, 0.717) is 13.1 Å². The van der Waals surface area contributed by atoms with Gasteiger partial charge in [-0.05, 0) is 32.6 Å². The van der Waals surface area contributed by atoms with Crippen LogP contribution in [0.1, 0.15) is 18.9 Å². The van der Waals surface area contributed by atoms with E-state index in [9.17, 15) is 9.59 Å². The Labute approximate surface area is 126 Å². The number of hydrogen-bond acceptors (Lipinski definition) is 3. The molecule has 0 bridgehead atoms. The summed E-state index contributed by atoms with van der Waals surface area (Å²) in [7, 11) is 4.00. The first kappa shape index (κ1) is 17.2. The minimum atomic E-state index is -0.111. The zero-order chi connectivity index (χ0) is 15.7. The Kier molecular flexibility index (Phi) is 7.46. The van der Waals surface area contributed by atoms with Gasteiger partial charge < -0.3 is 15.1 Å². The van der Waals surface area contributed by atoms with Crippen molar-refractivity contribution in [1.82, 2.24) is 15.1 Å². The highest BCUT2D eigenvalue weighted by atomic mass is 16.2. The van der Waals surface area contributed by atoms with E-state index in [2.05, 4.69) is 10.2 Å². The quantitative estimate of drug-likeness (QED) is 0.730. The largest absolute Gasteiger partial charge is 0.355 e. The van der Waals surface area contributed by atoms with Gasteiger partial charge in [0.15, 0.2) is 0 Å². The van der Waals surface area contributed by atoms with Crippen LogP contribution in [0.2, 0.25) is 0 Å². The number of nitrogens with zero attached hydrogens (tertiary/aromatic N) is 2. The van der Waals surface area contributed by atoms with E-state index < -0.39 is 0 Å². The smallest absolute Gasteiger partial charge is 0.239 e. The molecule has 0 spiro atoms. The molecule has 1 N–H and O–H groups in total. The van der Waals surface area contributed by atoms with E-state index in [-0.39, 0.29) is 18.4 Å². The van der Waals surface area contributed by atoms with Gasteiger partial charge in [0.25, 0.3) is 0 Å². The maximum atomic E-state index is 11.9. The second-order valence-electron chi connectivity index (χ2n) is 5.37. The molecule has 21 heavy (non-hydrogen) atoms. The first-order chi connectivity index (χ1) is 9.99. The molecule has 0 radical (unpaired) electrons. The first-order valence-electron chi connectivity index (χ1n) is 7.20. The van der Waals surface area contributed by atoms with Crippen molar-refractivity contribution in [3.63, 3.8) is 0 Å². The molecule has 5 heteroatoms. The van der Waals surface area contributed by atoms with Crippen LogP contribution in [-0.2, 0) is 16.1 Å². The maximum Gasteiger partial charge on any atom is 0.239 e. The molecule has 116 valence electrons. The fourth-order valence-electron chi connectivity index (χ4n) is 1.93. The minimum absolute atomic E-state index is 0.0951. The Morgan fingerprint density at radius 2 is 1.81 bits per heavy atom. The van der Waals surface area contributed by atoms with Gasteiger partial charge in [0.2, 0.25) is 11.8 Å². The Morgan fingerprint density at radius 1 is 1.14 bits per heavy atom. The first-order valence-corrected chi connectivity index (χ1v) is 7.20. The lowest BCUT2D eigenvalue weighted by molar-refractivity contribution is -0.134. The number of carbonyl (C=O) groups excluding carboxylic acids is 2. The number of carbonyl (C=O) groups is 2. The van der Waals surface area contributed by atoms with Crippen molar-refractivity contribution in [2.24, 2.45) is 0 Å². The molecule has 2 amide bonds. The minimum Gasteiger partial charge on any atom is -0.355 e. The number of benzene rings is 1. The molecule has 0 aliphatic heterocycles. The molecule has 0 atom stereocenters. The van der Waals surface area contributed by atoms with Gasteiger partial charge in [0.05, 0.1) is 6.54 Å². The molecule has 0 fully saturated rings. The fourth-order valence-corrected chi connectivity index (χ4v) is 1.93. The standard InChI is InChI=1S/C16H25N3O2/c1-14(20)19(12-15-8-5-4-6-9-15)13-16(21)17-10-7-11-18(2)3/h4-6,8-9H,7,10-13H2,1-3H3,(H,17,21). The second kappa shape index (κ2) is 9.13. The second-order valence-corrected chi connectivity index (χ2v) is 5.37. The summed E-state index contributed by atoms with van der Waals surface area (Å²) in [4.78, 5) is 27.1. The lowest BCUT2D eigenvalue weighted by Crippen LogP contribution is -2.40. The van der Waals surface area contributed by atoms with Gasteiger partial charge in [0.1, 0.15) is 0 Å². The molecule has 5 nitrogen and oxygen atoms in total. The summed E-state index contributed by atoms with van der Waals surface area (Å²) >= 11 is 0. The van der Waals surface area contributed by atoms with E-state index in [0.717, 1.165) is 18.5 Å². The van der Waals surface area contributed by atoms with E-state index >= 15 is 0 Å². The van der Waals surface area contributed by atoms with Gasteiger partial charge in [-0.25, -0.2) is 0 Å². The highest BCUT2D eigenvalue weighted by molar-refractivity contribution is 5.83. The van der Waals surface area contributed by atoms with Crippen LogP contribution in [0, 0.1) is 0 Å². The molecule has 1 aromatic rings. The van der Waals surface area contributed by atoms with Gasteiger partial charge in [0, 0.05) is 20.0 Å². The van der Waals surface area contributed by atoms with Crippen molar-refractivity contribution in [3.8, 4) is 0 Å². The molecule has 1 rings (SSSR count). The maximum absolute atomic E-state index is 11.9. The molecule has 0 saturated carbocycles. The van der Waals surface area contributed by atoms with Crippen molar-refractivity contribution >= 4 is 11.8 Å². The van der Waals surface area contributed by atoms with Crippen molar-refractivity contribution in [3.05, 3.63) is 35.9 Å². The molecule has 0 aliphatic rings. The average Bonchev–Trinajstić information content (AvgIpc) is 2.44. The summed E-state index contributed by atoms with van der Waals surface area (Å²) in [5.41, 5.74) is 1.02. The number of hydrogen-bond donors (Lipinski definition) is 1. The monoisotopic (exact) mass is 291 g/mol. The average molecular weight is 291 g/mol. The molecular formula is C16H25N3O2. The predicted molar refractivity (Wildman–Crippen MR) is 83.7 cm³/mol. The van der Waals surface area contributed by atoms with E-state index in [1.54, 1.807) is 4.90 Å². The van der Waals surface area contributed by atoms with Crippen LogP contribution >= 0.6 is 0 Å². The molecule has 0 unspecified atom stereocenters. The van der Waals surface area contributed by atoms with Gasteiger partial charge in [-0.1, -0.05) is 30.3 Å². The highest BCUT2D eigenvalue weighted by Gasteiger charge is 2.13. The Hall–Kier alpha value is -1.88. The van der Waals surface area contributed by atoms with Crippen molar-refractivity contribution in [1.29, 1.82) is 0 Å². The molecule has 1 aromatic carbocycles. The summed E-state index contributed by atoms with van der Waals surface area (Å²) in [5.74, 6) is -0.206. The summed E-state index contributed by atoms with van der Waals surface area (Å²) < 4.78 is 0. The summed E-state index contributed by atoms with van der Waals surface area (Å²) in [5, 5.41) is 2.85. The molecular weight excluding hydrogens is 266 g/mol. The third-order valence-corrected chi connectivity index (χ3v) is 3.10. The van der Waals surface area contributed by atoms with Crippen LogP contribution < -0.4 is 5.32 Å². The Balaban J connectivity index is 2.40. The molecule has 0 saturated heterocycles. The van der Waals surface area contributed by atoms with Crippen LogP contribution in [0.4, 0.5) is 0 Å². The van der Waals surface area contributed by atoms with Gasteiger partial charge >= 0.3 is 0 Å². The van der Waals surface area contributed by atoms with Gasteiger partial charge in [-0.2, -0.15) is 0 Å². The third-order valence-electron chi connectivity index (χ3n) is 3.10. The van der Waals surface area contributed by atoms with E-state index in [4.69, 9.17) is 0 Å². The SMILES string of the molecule is CC(=O)N(CC(=O)NCCCN(C)C)Cc1ccccc1. The van der Waals surface area contributed by atoms with Crippen molar-refractivity contribution in [2.45, 2.75) is 19.9 Å². The summed E-state index contributed by atoms with van der Waals surface area (Å²) in [6.45, 7) is 3.62. The zero-order valence-electron chi connectivity index (χ0n) is 13.1. The van der Waals surface area contributed by atoms with Crippen LogP contribution in [0.25, 0.3) is 0 Å². The van der Waals surface area contributed by atoms with E-state index in [1.165, 1.54) is 6.92 Å². The van der Waals surface area contributed by atoms with Crippen LogP contribution in [0.15, 0.2) is 30.3 Å². The third kappa shape index (κ3) is 7.46. The lowest BCUT2D eigenvalue weighted by Gasteiger charge is -2.20.